The van der Waals surface area contributed by atoms with Crippen molar-refractivity contribution < 1.29 is 14.3 Å². The summed E-state index contributed by atoms with van der Waals surface area (Å²) in [5, 5.41) is 4.77. The van der Waals surface area contributed by atoms with Crippen molar-refractivity contribution in [1.29, 1.82) is 0 Å². The van der Waals surface area contributed by atoms with Gasteiger partial charge in [0.2, 0.25) is 11.8 Å². The summed E-state index contributed by atoms with van der Waals surface area (Å²) in [6.45, 7) is 10.1. The van der Waals surface area contributed by atoms with E-state index in [0.717, 1.165) is 38.6 Å². The van der Waals surface area contributed by atoms with Gasteiger partial charge in [0.25, 0.3) is 0 Å². The first-order valence-electron chi connectivity index (χ1n) is 14.4. The van der Waals surface area contributed by atoms with Crippen LogP contribution in [0.5, 0.6) is 0 Å². The van der Waals surface area contributed by atoms with E-state index in [-0.39, 0.29) is 35.2 Å². The molecule has 4 aliphatic rings. The van der Waals surface area contributed by atoms with Crippen LogP contribution in [0.4, 0.5) is 0 Å². The zero-order valence-electron chi connectivity index (χ0n) is 23.5. The minimum Gasteiger partial charge on any atom is -0.373 e. The molecule has 2 aliphatic heterocycles. The first-order chi connectivity index (χ1) is 18.1. The number of ether oxygens (including phenoxy) is 1. The molecule has 7 heteroatoms. The largest absolute Gasteiger partial charge is 0.373 e. The Morgan fingerprint density at radius 2 is 1.66 bits per heavy atom. The minimum absolute atomic E-state index is 0.00749. The molecule has 38 heavy (non-hydrogen) atoms. The molecule has 0 N–H and O–H groups in total. The predicted molar refractivity (Wildman–Crippen MR) is 146 cm³/mol. The maximum absolute atomic E-state index is 13.0. The van der Waals surface area contributed by atoms with Gasteiger partial charge < -0.3 is 4.74 Å². The Bertz CT molecular complexity index is 1170. The molecule has 2 saturated carbocycles. The van der Waals surface area contributed by atoms with E-state index < -0.39 is 0 Å². The fraction of sp³-hybridized carbons (Fsp3) is 0.645. The highest BCUT2D eigenvalue weighted by molar-refractivity contribution is 6.10. The first kappa shape index (κ1) is 25.8. The van der Waals surface area contributed by atoms with E-state index in [4.69, 9.17) is 9.84 Å². The Morgan fingerprint density at radius 3 is 2.26 bits per heavy atom. The third kappa shape index (κ3) is 4.51. The molecule has 7 nitrogen and oxygen atoms in total. The highest BCUT2D eigenvalue weighted by Crippen LogP contribution is 2.63. The van der Waals surface area contributed by atoms with Crippen LogP contribution >= 0.6 is 0 Å². The van der Waals surface area contributed by atoms with Crippen LogP contribution in [0.15, 0.2) is 30.3 Å². The van der Waals surface area contributed by atoms with Crippen LogP contribution in [-0.4, -0.2) is 69.3 Å². The van der Waals surface area contributed by atoms with Gasteiger partial charge in [-0.1, -0.05) is 43.7 Å². The smallest absolute Gasteiger partial charge is 0.233 e. The molecule has 2 unspecified atom stereocenters. The van der Waals surface area contributed by atoms with Gasteiger partial charge in [-0.05, 0) is 63.0 Å². The van der Waals surface area contributed by atoms with Gasteiger partial charge in [-0.25, -0.2) is 0 Å². The normalized spacial score (nSPS) is 33.0. The lowest BCUT2D eigenvalue weighted by molar-refractivity contribution is -0.148. The third-order valence-electron chi connectivity index (χ3n) is 9.99. The van der Waals surface area contributed by atoms with Gasteiger partial charge in [0.05, 0.1) is 36.8 Å². The fourth-order valence-corrected chi connectivity index (χ4v) is 7.39. The Hall–Kier alpha value is -2.51. The maximum Gasteiger partial charge on any atom is 0.233 e. The van der Waals surface area contributed by atoms with E-state index >= 15 is 0 Å². The van der Waals surface area contributed by atoms with Gasteiger partial charge in [0.1, 0.15) is 0 Å². The molecule has 3 heterocycles. The number of carbonyl (C=O) groups excluding carboxylic acids is 2. The quantitative estimate of drug-likeness (QED) is 0.541. The summed E-state index contributed by atoms with van der Waals surface area (Å²) in [5.41, 5.74) is 4.87. The van der Waals surface area contributed by atoms with Crippen LogP contribution in [0.25, 0.3) is 0 Å². The lowest BCUT2D eigenvalue weighted by Crippen LogP contribution is -2.58. The van der Waals surface area contributed by atoms with Crippen molar-refractivity contribution in [3.63, 3.8) is 0 Å². The molecule has 1 aromatic carbocycles. The number of nitrogens with zero attached hydrogens (tertiary/aromatic N) is 4. The van der Waals surface area contributed by atoms with Crippen molar-refractivity contribution in [1.82, 2.24) is 19.6 Å². The van der Waals surface area contributed by atoms with E-state index in [0.29, 0.717) is 31.2 Å². The standard InChI is InChI=1S/C31H42N4O3/c1-19-6-8-21(9-7-19)15-24-18-38-25(17-35-29(36)27-28(30(35)37)31(27,3)4)16-34(24)23-12-10-22(11-13-23)26-14-20(2)33(5)32-26/h6-9,14,22-25,27-28H,10-13,15-18H2,1-5H3/t22?,23?,24-,25+,27?,28?/m0/s1. The topological polar surface area (TPSA) is 67.7 Å². The molecule has 2 aliphatic carbocycles. The number of likely N-dealkylation sites (tertiary alicyclic amines) is 1. The number of rotatable bonds is 6. The summed E-state index contributed by atoms with van der Waals surface area (Å²) in [6, 6.07) is 11.9. The number of amides is 2. The van der Waals surface area contributed by atoms with Crippen LogP contribution in [0.2, 0.25) is 0 Å². The number of fused-ring (bicyclic) bond motifs is 1. The van der Waals surface area contributed by atoms with Crippen molar-refractivity contribution in [3.8, 4) is 0 Å². The molecule has 2 aromatic rings. The summed E-state index contributed by atoms with van der Waals surface area (Å²) >= 11 is 0. The summed E-state index contributed by atoms with van der Waals surface area (Å²) in [7, 11) is 2.02. The molecule has 0 spiro atoms. The lowest BCUT2D eigenvalue weighted by atomic mass is 9.82. The summed E-state index contributed by atoms with van der Waals surface area (Å²) in [4.78, 5) is 30.1. The van der Waals surface area contributed by atoms with Gasteiger partial charge in [-0.15, -0.1) is 0 Å². The Balaban J connectivity index is 1.15. The van der Waals surface area contributed by atoms with E-state index in [1.54, 1.807) is 0 Å². The number of carbonyl (C=O) groups is 2. The van der Waals surface area contributed by atoms with Gasteiger partial charge in [0.15, 0.2) is 0 Å². The number of morpholine rings is 1. The van der Waals surface area contributed by atoms with Crippen LogP contribution in [0.3, 0.4) is 0 Å². The highest BCUT2D eigenvalue weighted by atomic mass is 16.5. The number of aromatic nitrogens is 2. The Kier molecular flexibility index (Phi) is 6.50. The number of piperidine rings is 1. The number of aryl methyl sites for hydroxylation is 3. The number of hydrogen-bond acceptors (Lipinski definition) is 5. The van der Waals surface area contributed by atoms with Crippen LogP contribution < -0.4 is 0 Å². The lowest BCUT2D eigenvalue weighted by Gasteiger charge is -2.46. The molecular weight excluding hydrogens is 476 g/mol. The second-order valence-electron chi connectivity index (χ2n) is 12.9. The number of benzene rings is 1. The molecule has 2 amide bonds. The molecule has 4 atom stereocenters. The molecular formula is C31H42N4O3. The van der Waals surface area contributed by atoms with Crippen molar-refractivity contribution in [2.24, 2.45) is 24.3 Å². The monoisotopic (exact) mass is 518 g/mol. The number of imide groups is 1. The average Bonchev–Trinajstić information content (AvgIpc) is 3.16. The SMILES string of the molecule is Cc1ccc(C[C@H]2CO[C@@H](CN3C(=O)C4C(C3=O)C4(C)C)CN2C2CCC(c3cc(C)n(C)n3)CC2)cc1. The zero-order chi connectivity index (χ0) is 26.8. The molecule has 0 bridgehead atoms. The average molecular weight is 519 g/mol. The van der Waals surface area contributed by atoms with Crippen LogP contribution in [0.1, 0.15) is 68.0 Å². The summed E-state index contributed by atoms with van der Waals surface area (Å²) in [5.74, 6) is 0.277. The second kappa shape index (κ2) is 9.60. The van der Waals surface area contributed by atoms with E-state index in [1.165, 1.54) is 27.4 Å². The minimum atomic E-state index is -0.173. The van der Waals surface area contributed by atoms with Crippen molar-refractivity contribution >= 4 is 11.8 Å². The van der Waals surface area contributed by atoms with Crippen molar-refractivity contribution in [2.45, 2.75) is 83.9 Å². The van der Waals surface area contributed by atoms with E-state index in [1.807, 2.05) is 25.6 Å². The fourth-order valence-electron chi connectivity index (χ4n) is 7.39. The predicted octanol–water partition coefficient (Wildman–Crippen LogP) is 4.02. The van der Waals surface area contributed by atoms with Gasteiger partial charge in [0, 0.05) is 37.3 Å². The molecule has 2 saturated heterocycles. The van der Waals surface area contributed by atoms with Crippen molar-refractivity contribution in [3.05, 3.63) is 52.8 Å². The van der Waals surface area contributed by atoms with E-state index in [2.05, 4.69) is 49.1 Å². The summed E-state index contributed by atoms with van der Waals surface area (Å²) < 4.78 is 8.36. The van der Waals surface area contributed by atoms with Crippen LogP contribution in [0, 0.1) is 31.1 Å². The van der Waals surface area contributed by atoms with Crippen molar-refractivity contribution in [2.75, 3.05) is 19.7 Å². The van der Waals surface area contributed by atoms with Gasteiger partial charge in [-0.3, -0.25) is 24.1 Å². The molecule has 204 valence electrons. The number of hydrogen-bond donors (Lipinski definition) is 0. The van der Waals surface area contributed by atoms with E-state index in [9.17, 15) is 9.59 Å². The first-order valence-corrected chi connectivity index (χ1v) is 14.4. The second-order valence-corrected chi connectivity index (χ2v) is 12.9. The maximum atomic E-state index is 13.0. The van der Waals surface area contributed by atoms with Crippen LogP contribution in [-0.2, 0) is 27.8 Å². The Labute approximate surface area is 226 Å². The summed E-state index contributed by atoms with van der Waals surface area (Å²) in [6.07, 6.45) is 5.37. The third-order valence-corrected chi connectivity index (χ3v) is 9.99. The van der Waals surface area contributed by atoms with Gasteiger partial charge >= 0.3 is 0 Å². The zero-order valence-corrected chi connectivity index (χ0v) is 23.5. The molecule has 4 fully saturated rings. The van der Waals surface area contributed by atoms with Gasteiger partial charge in [-0.2, -0.15) is 5.10 Å². The molecule has 6 rings (SSSR count). The highest BCUT2D eigenvalue weighted by Gasteiger charge is 2.72. The molecule has 1 aromatic heterocycles. The molecule has 0 radical (unpaired) electrons. The Morgan fingerprint density at radius 1 is 1.00 bits per heavy atom.